The zero-order chi connectivity index (χ0) is 23.6. The maximum atomic E-state index is 4.67. The molecule has 9 heteroatoms. The van der Waals surface area contributed by atoms with Gasteiger partial charge in [-0.3, -0.25) is 4.99 Å². The van der Waals surface area contributed by atoms with Gasteiger partial charge in [-0.25, -0.2) is 4.58 Å². The van der Waals surface area contributed by atoms with Crippen LogP contribution in [0.3, 0.4) is 0 Å². The second-order valence-corrected chi connectivity index (χ2v) is 15.5. The molecule has 2 aliphatic heterocycles. The van der Waals surface area contributed by atoms with Crippen molar-refractivity contribution in [3.8, 4) is 0 Å². The number of nitrogens with zero attached hydrogens (tertiary/aromatic N) is 2. The van der Waals surface area contributed by atoms with Crippen LogP contribution in [0.15, 0.2) is 17.1 Å². The van der Waals surface area contributed by atoms with Crippen LogP contribution in [0.25, 0.3) is 0 Å². The van der Waals surface area contributed by atoms with Crippen LogP contribution < -0.4 is 24.0 Å². The molecule has 32 heavy (non-hydrogen) atoms. The summed E-state index contributed by atoms with van der Waals surface area (Å²) in [6.07, 6.45) is 0. The quantitative estimate of drug-likeness (QED) is 0.165. The molecule has 2 aromatic carbocycles. The lowest BCUT2D eigenvalue weighted by Crippen LogP contribution is -3.00. The Morgan fingerprint density at radius 2 is 1.19 bits per heavy atom. The lowest BCUT2D eigenvalue weighted by atomic mass is 9.82. The molecule has 2 nitrogen and oxygen atoms in total. The number of rotatable bonds is 0. The van der Waals surface area contributed by atoms with Gasteiger partial charge in [0.05, 0.1) is 16.7 Å². The number of aliphatic imine (C=N–C) groups is 1. The number of benzene rings is 2. The lowest BCUT2D eigenvalue weighted by Gasteiger charge is -2.22. The van der Waals surface area contributed by atoms with Crippen molar-refractivity contribution in [1.82, 2.24) is 0 Å². The molecule has 0 saturated heterocycles. The maximum Gasteiger partial charge on any atom is 0.211 e. The second kappa shape index (κ2) is 11.3. The van der Waals surface area contributed by atoms with E-state index in [0.717, 1.165) is 5.69 Å². The normalized spacial score (nSPS) is 17.2. The Morgan fingerprint density at radius 3 is 1.72 bits per heavy atom. The Kier molecular flexibility index (Phi) is 11.0. The van der Waals surface area contributed by atoms with Crippen molar-refractivity contribution in [2.24, 2.45) is 4.99 Å². The monoisotopic (exact) mass is 1220 g/mol. The first-order valence-corrected chi connectivity index (χ1v) is 16.1. The van der Waals surface area contributed by atoms with Gasteiger partial charge in [0.15, 0.2) is 5.71 Å². The SMILES string of the molecule is CC1=Nc2cc(I)c(I)c(I)c2C1(C)C.CC1=[N+](C)c2cc(I)c(I)c(I)c2C1(C)C.[I-]. The van der Waals surface area contributed by atoms with E-state index in [4.69, 9.17) is 0 Å². The van der Waals surface area contributed by atoms with Gasteiger partial charge in [-0.15, -0.1) is 0 Å². The highest BCUT2D eigenvalue weighted by molar-refractivity contribution is 14.1. The molecule has 0 radical (unpaired) electrons. The number of hydrogen-bond acceptors (Lipinski definition) is 1. The van der Waals surface area contributed by atoms with Gasteiger partial charge in [0.25, 0.3) is 0 Å². The third kappa shape index (κ3) is 5.37. The molecule has 0 N–H and O–H groups in total. The number of hydrogen-bond donors (Lipinski definition) is 0. The summed E-state index contributed by atoms with van der Waals surface area (Å²) >= 11 is 14.6. The molecule has 2 aromatic rings. The third-order valence-electron chi connectivity index (χ3n) is 6.49. The van der Waals surface area contributed by atoms with Crippen LogP contribution in [0.2, 0.25) is 0 Å². The maximum absolute atomic E-state index is 4.67. The molecule has 0 fully saturated rings. The van der Waals surface area contributed by atoms with E-state index in [1.165, 1.54) is 49.7 Å². The molecule has 0 bridgehead atoms. The lowest BCUT2D eigenvalue weighted by molar-refractivity contribution is -0.403. The van der Waals surface area contributed by atoms with Gasteiger partial charge >= 0.3 is 0 Å². The molecular formula is C23H23I7N2. The average molecular weight is 1220 g/mol. The topological polar surface area (TPSA) is 15.4 Å². The molecule has 0 aromatic heterocycles. The van der Waals surface area contributed by atoms with Crippen LogP contribution >= 0.6 is 136 Å². The molecule has 174 valence electrons. The van der Waals surface area contributed by atoms with Gasteiger partial charge in [0, 0.05) is 51.1 Å². The largest absolute Gasteiger partial charge is 1.00 e. The summed E-state index contributed by atoms with van der Waals surface area (Å²) in [4.78, 5) is 4.67. The van der Waals surface area contributed by atoms with Crippen LogP contribution in [0.5, 0.6) is 0 Å². The molecule has 0 aliphatic carbocycles. The van der Waals surface area contributed by atoms with Crippen LogP contribution in [-0.4, -0.2) is 23.0 Å². The molecule has 0 saturated carbocycles. The van der Waals surface area contributed by atoms with Crippen LogP contribution in [0.1, 0.15) is 52.7 Å². The predicted molar refractivity (Wildman–Crippen MR) is 185 cm³/mol. The van der Waals surface area contributed by atoms with Crippen molar-refractivity contribution in [3.05, 3.63) is 44.7 Å². The zero-order valence-electron chi connectivity index (χ0n) is 18.7. The molecule has 2 aliphatic rings. The molecule has 4 rings (SSSR count). The van der Waals surface area contributed by atoms with E-state index in [0.29, 0.717) is 0 Å². The Bertz CT molecular complexity index is 1180. The summed E-state index contributed by atoms with van der Waals surface area (Å²) in [5.74, 6) is 0. The summed E-state index contributed by atoms with van der Waals surface area (Å²) in [5, 5.41) is 0. The Labute approximate surface area is 290 Å². The highest BCUT2D eigenvalue weighted by Gasteiger charge is 2.44. The minimum absolute atomic E-state index is 0. The first-order valence-electron chi connectivity index (χ1n) is 9.63. The molecule has 0 atom stereocenters. The fourth-order valence-electron chi connectivity index (χ4n) is 3.99. The minimum atomic E-state index is 0. The number of halogens is 7. The average Bonchev–Trinajstić information content (AvgIpc) is 3.00. The van der Waals surface area contributed by atoms with Crippen LogP contribution in [0, 0.1) is 21.4 Å². The smallest absolute Gasteiger partial charge is 0.211 e. The molecule has 0 unspecified atom stereocenters. The summed E-state index contributed by atoms with van der Waals surface area (Å²) in [7, 11) is 2.17. The zero-order valence-corrected chi connectivity index (χ0v) is 33.8. The first-order chi connectivity index (χ1) is 14.1. The summed E-state index contributed by atoms with van der Waals surface area (Å²) in [5.41, 5.74) is 8.30. The molecular weight excluding hydrogens is 1190 g/mol. The van der Waals surface area contributed by atoms with E-state index < -0.39 is 0 Å². The van der Waals surface area contributed by atoms with Crippen molar-refractivity contribution < 1.29 is 28.6 Å². The van der Waals surface area contributed by atoms with Crippen molar-refractivity contribution >= 4 is 158 Å². The van der Waals surface area contributed by atoms with E-state index in [1.54, 1.807) is 0 Å². The summed E-state index contributed by atoms with van der Waals surface area (Å²) < 4.78 is 10.5. The third-order valence-corrected chi connectivity index (χ3v) is 16.7. The molecule has 2 heterocycles. The summed E-state index contributed by atoms with van der Waals surface area (Å²) in [6.45, 7) is 13.5. The van der Waals surface area contributed by atoms with Crippen molar-refractivity contribution in [2.45, 2.75) is 52.4 Å². The molecule has 0 spiro atoms. The van der Waals surface area contributed by atoms with E-state index >= 15 is 0 Å². The Hall–Kier alpha value is 2.89. The minimum Gasteiger partial charge on any atom is -1.00 e. The van der Waals surface area contributed by atoms with Gasteiger partial charge in [-0.05, 0) is 162 Å². The van der Waals surface area contributed by atoms with E-state index in [2.05, 4.69) is 206 Å². The fraction of sp³-hybridized carbons (Fsp3) is 0.391. The second-order valence-electron chi connectivity index (χ2n) is 8.85. The Balaban J connectivity index is 0.000000220. The highest BCUT2D eigenvalue weighted by atomic mass is 127. The summed E-state index contributed by atoms with van der Waals surface area (Å²) in [6, 6.07) is 4.50. The van der Waals surface area contributed by atoms with Gasteiger partial charge in [0.2, 0.25) is 5.69 Å². The van der Waals surface area contributed by atoms with Gasteiger partial charge in [-0.2, -0.15) is 0 Å². The van der Waals surface area contributed by atoms with E-state index in [-0.39, 0.29) is 34.8 Å². The standard InChI is InChI=1S/C12H13I3N.C11H10I3N.HI/c1-6-12(2,3)9-8(16(6)4)5-7(13)10(14)11(9)15;1-5-11(2,3)8-7(15-5)4-6(12)9(13)10(8)14;/h5H,1-4H3;4H,1-3H3;1H/q+1;;/p-1. The fourth-order valence-corrected chi connectivity index (χ4v) is 9.48. The van der Waals surface area contributed by atoms with Crippen LogP contribution in [-0.2, 0) is 10.8 Å². The Morgan fingerprint density at radius 1 is 0.719 bits per heavy atom. The van der Waals surface area contributed by atoms with Crippen LogP contribution in [0.4, 0.5) is 11.4 Å². The number of fused-ring (bicyclic) bond motifs is 2. The van der Waals surface area contributed by atoms with Crippen molar-refractivity contribution in [3.63, 3.8) is 0 Å². The van der Waals surface area contributed by atoms with Gasteiger partial charge in [0.1, 0.15) is 7.05 Å². The van der Waals surface area contributed by atoms with Gasteiger partial charge < -0.3 is 24.0 Å². The van der Waals surface area contributed by atoms with E-state index in [9.17, 15) is 0 Å². The highest BCUT2D eigenvalue weighted by Crippen LogP contribution is 2.46. The molecule has 0 amide bonds. The predicted octanol–water partition coefficient (Wildman–Crippen LogP) is 6.41. The van der Waals surface area contributed by atoms with Gasteiger partial charge in [-0.1, -0.05) is 13.8 Å². The van der Waals surface area contributed by atoms with Crippen molar-refractivity contribution in [2.75, 3.05) is 7.05 Å². The first kappa shape index (κ1) is 31.1. The van der Waals surface area contributed by atoms with E-state index in [1.807, 2.05) is 0 Å². The van der Waals surface area contributed by atoms with Crippen molar-refractivity contribution in [1.29, 1.82) is 0 Å².